The molecule has 0 atom stereocenters. The Hall–Kier alpha value is -1.16. The molecule has 0 saturated heterocycles. The van der Waals surface area contributed by atoms with Crippen molar-refractivity contribution in [1.82, 2.24) is 4.73 Å². The highest BCUT2D eigenvalue weighted by molar-refractivity contribution is 7.71. The molecule has 106 valence electrons. The van der Waals surface area contributed by atoms with Gasteiger partial charge in [0.05, 0.1) is 5.41 Å². The lowest BCUT2D eigenvalue weighted by atomic mass is 9.49. The summed E-state index contributed by atoms with van der Waals surface area (Å²) in [5, 5.41) is 0. The highest BCUT2D eigenvalue weighted by Gasteiger charge is 2.55. The van der Waals surface area contributed by atoms with Crippen molar-refractivity contribution >= 4 is 18.2 Å². The van der Waals surface area contributed by atoms with E-state index in [2.05, 4.69) is 0 Å². The fourth-order valence-electron chi connectivity index (χ4n) is 5.03. The molecule has 4 saturated carbocycles. The smallest absolute Gasteiger partial charge is 0.335 e. The van der Waals surface area contributed by atoms with Gasteiger partial charge in [-0.15, -0.1) is 0 Å². The third-order valence-electron chi connectivity index (χ3n) is 5.44. The van der Waals surface area contributed by atoms with Crippen molar-refractivity contribution < 1.29 is 9.63 Å². The Morgan fingerprint density at radius 2 is 1.75 bits per heavy atom. The average molecular weight is 289 g/mol. The van der Waals surface area contributed by atoms with E-state index in [4.69, 9.17) is 17.1 Å². The topological polar surface area (TPSA) is 31.2 Å². The third-order valence-corrected chi connectivity index (χ3v) is 5.76. The van der Waals surface area contributed by atoms with Crippen LogP contribution < -0.4 is 4.84 Å². The molecule has 0 radical (unpaired) electrons. The largest absolute Gasteiger partial charge is 0.339 e. The summed E-state index contributed by atoms with van der Waals surface area (Å²) in [5.41, 5.74) is -0.223. The fourth-order valence-corrected chi connectivity index (χ4v) is 5.21. The normalized spacial score (nSPS) is 37.9. The molecule has 3 nitrogen and oxygen atoms in total. The summed E-state index contributed by atoms with van der Waals surface area (Å²) >= 11 is 5.20. The SMILES string of the molecule is O=C(On1ccccc1=S)C12CC3CC(CC(C3)C1)C2. The second-order valence-electron chi connectivity index (χ2n) is 6.94. The molecule has 4 heteroatoms. The van der Waals surface area contributed by atoms with E-state index >= 15 is 0 Å². The van der Waals surface area contributed by atoms with Gasteiger partial charge in [-0.3, -0.25) is 0 Å². The van der Waals surface area contributed by atoms with Crippen LogP contribution in [0.4, 0.5) is 0 Å². The molecule has 20 heavy (non-hydrogen) atoms. The summed E-state index contributed by atoms with van der Waals surface area (Å²) in [5.74, 6) is 2.19. The molecule has 4 aliphatic rings. The zero-order chi connectivity index (χ0) is 13.7. The first-order valence-electron chi connectivity index (χ1n) is 7.55. The van der Waals surface area contributed by atoms with Crippen molar-refractivity contribution in [1.29, 1.82) is 0 Å². The van der Waals surface area contributed by atoms with Crippen molar-refractivity contribution in [3.8, 4) is 0 Å². The van der Waals surface area contributed by atoms with E-state index in [1.807, 2.05) is 12.1 Å². The molecule has 1 aromatic rings. The highest BCUT2D eigenvalue weighted by Crippen LogP contribution is 2.60. The Balaban J connectivity index is 1.60. The Morgan fingerprint density at radius 1 is 1.15 bits per heavy atom. The average Bonchev–Trinajstić information content (AvgIpc) is 2.40. The molecule has 1 aromatic heterocycles. The molecule has 0 amide bonds. The lowest BCUT2D eigenvalue weighted by Gasteiger charge is -2.54. The molecule has 0 unspecified atom stereocenters. The van der Waals surface area contributed by atoms with Gasteiger partial charge in [-0.25, -0.2) is 4.79 Å². The summed E-state index contributed by atoms with van der Waals surface area (Å²) < 4.78 is 1.99. The van der Waals surface area contributed by atoms with Crippen LogP contribution in [-0.2, 0) is 4.79 Å². The van der Waals surface area contributed by atoms with E-state index in [0.29, 0.717) is 4.64 Å². The second kappa shape index (κ2) is 4.42. The Bertz CT molecular complexity index is 571. The maximum absolute atomic E-state index is 12.7. The number of aromatic nitrogens is 1. The summed E-state index contributed by atoms with van der Waals surface area (Å²) in [6.07, 6.45) is 8.79. The predicted molar refractivity (Wildman–Crippen MR) is 77.5 cm³/mol. The number of carbonyl (C=O) groups is 1. The zero-order valence-electron chi connectivity index (χ0n) is 11.5. The summed E-state index contributed by atoms with van der Waals surface area (Å²) in [6, 6.07) is 5.47. The minimum atomic E-state index is -0.223. The first kappa shape index (κ1) is 12.6. The number of nitrogens with zero attached hydrogens (tertiary/aromatic N) is 1. The Morgan fingerprint density at radius 3 is 2.30 bits per heavy atom. The van der Waals surface area contributed by atoms with Gasteiger partial charge in [-0.05, 0) is 68.4 Å². The van der Waals surface area contributed by atoms with E-state index in [0.717, 1.165) is 37.0 Å². The molecule has 5 rings (SSSR count). The lowest BCUT2D eigenvalue weighted by molar-refractivity contribution is -0.172. The number of hydrogen-bond acceptors (Lipinski definition) is 3. The monoisotopic (exact) mass is 289 g/mol. The highest BCUT2D eigenvalue weighted by atomic mass is 32.1. The molecule has 0 N–H and O–H groups in total. The van der Waals surface area contributed by atoms with Crippen molar-refractivity contribution in [2.75, 3.05) is 0 Å². The van der Waals surface area contributed by atoms with Crippen molar-refractivity contribution in [2.45, 2.75) is 38.5 Å². The second-order valence-corrected chi connectivity index (χ2v) is 7.36. The minimum absolute atomic E-state index is 0.0566. The molecule has 1 heterocycles. The van der Waals surface area contributed by atoms with E-state index < -0.39 is 0 Å². The van der Waals surface area contributed by atoms with E-state index in [9.17, 15) is 4.79 Å². The van der Waals surface area contributed by atoms with Crippen LogP contribution in [0.1, 0.15) is 38.5 Å². The Labute approximate surface area is 123 Å². The number of carbonyl (C=O) groups excluding carboxylic acids is 1. The van der Waals surface area contributed by atoms with Crippen LogP contribution in [0.15, 0.2) is 24.4 Å². The summed E-state index contributed by atoms with van der Waals surface area (Å²) in [7, 11) is 0. The molecule has 4 fully saturated rings. The van der Waals surface area contributed by atoms with Gasteiger partial charge in [-0.2, -0.15) is 4.73 Å². The van der Waals surface area contributed by atoms with Gasteiger partial charge in [0, 0.05) is 6.20 Å². The first-order chi connectivity index (χ1) is 9.64. The van der Waals surface area contributed by atoms with Gasteiger partial charge >= 0.3 is 5.97 Å². The maximum atomic E-state index is 12.7. The molecular formula is C16H19NO2S. The van der Waals surface area contributed by atoms with Crippen LogP contribution in [0.3, 0.4) is 0 Å². The Kier molecular flexibility index (Phi) is 2.78. The van der Waals surface area contributed by atoms with Gasteiger partial charge in [0.15, 0.2) is 0 Å². The molecular weight excluding hydrogens is 270 g/mol. The predicted octanol–water partition coefficient (Wildman–Crippen LogP) is 3.39. The first-order valence-corrected chi connectivity index (χ1v) is 7.96. The lowest BCUT2D eigenvalue weighted by Crippen LogP contribution is -2.52. The number of pyridine rings is 1. The van der Waals surface area contributed by atoms with E-state index in [1.165, 1.54) is 24.0 Å². The van der Waals surface area contributed by atoms with Gasteiger partial charge in [0.25, 0.3) is 0 Å². The van der Waals surface area contributed by atoms with Gasteiger partial charge in [0.2, 0.25) is 0 Å². The quantitative estimate of drug-likeness (QED) is 0.782. The van der Waals surface area contributed by atoms with Gasteiger partial charge in [-0.1, -0.05) is 18.3 Å². The maximum Gasteiger partial charge on any atom is 0.339 e. The van der Waals surface area contributed by atoms with Crippen molar-refractivity contribution in [2.24, 2.45) is 23.2 Å². The van der Waals surface area contributed by atoms with Crippen LogP contribution in [0.5, 0.6) is 0 Å². The minimum Gasteiger partial charge on any atom is -0.335 e. The molecule has 0 aromatic carbocycles. The van der Waals surface area contributed by atoms with Crippen LogP contribution in [0.25, 0.3) is 0 Å². The zero-order valence-corrected chi connectivity index (χ0v) is 12.3. The van der Waals surface area contributed by atoms with Gasteiger partial charge < -0.3 is 4.84 Å². The summed E-state index contributed by atoms with van der Waals surface area (Å²) in [6.45, 7) is 0. The molecule has 4 bridgehead atoms. The number of rotatable bonds is 2. The van der Waals surface area contributed by atoms with Crippen molar-refractivity contribution in [3.05, 3.63) is 29.0 Å². The fraction of sp³-hybridized carbons (Fsp3) is 0.625. The molecule has 4 aliphatic carbocycles. The third kappa shape index (κ3) is 1.93. The van der Waals surface area contributed by atoms with E-state index in [1.54, 1.807) is 12.3 Å². The van der Waals surface area contributed by atoms with Crippen LogP contribution >= 0.6 is 12.2 Å². The summed E-state index contributed by atoms with van der Waals surface area (Å²) in [4.78, 5) is 18.3. The van der Waals surface area contributed by atoms with Crippen LogP contribution in [0, 0.1) is 27.8 Å². The molecule has 0 aliphatic heterocycles. The van der Waals surface area contributed by atoms with E-state index in [-0.39, 0.29) is 11.4 Å². The van der Waals surface area contributed by atoms with Crippen LogP contribution in [0.2, 0.25) is 0 Å². The molecule has 0 spiro atoms. The van der Waals surface area contributed by atoms with Crippen LogP contribution in [-0.4, -0.2) is 10.7 Å². The van der Waals surface area contributed by atoms with Crippen molar-refractivity contribution in [3.63, 3.8) is 0 Å². The van der Waals surface area contributed by atoms with Gasteiger partial charge in [0.1, 0.15) is 4.64 Å². The number of hydrogen-bond donors (Lipinski definition) is 0. The standard InChI is InChI=1S/C16H19NO2S/c18-15(19-17-4-2-1-3-14(17)20)16-8-11-5-12(9-16)7-13(6-11)10-16/h1-4,11-13H,5-10H2.